The Bertz CT molecular complexity index is 459. The first-order valence-electron chi connectivity index (χ1n) is 4.68. The number of aryl methyl sites for hydroxylation is 1. The van der Waals surface area contributed by atoms with Gasteiger partial charge in [0.2, 0.25) is 12.2 Å². The van der Waals surface area contributed by atoms with E-state index in [1.54, 1.807) is 6.92 Å². The largest absolute Gasteiger partial charge is 0.448 e. The van der Waals surface area contributed by atoms with E-state index in [1.165, 1.54) is 26.7 Å². The minimum absolute atomic E-state index is 0.381. The molecule has 0 fully saturated rings. The van der Waals surface area contributed by atoms with Gasteiger partial charge in [0, 0.05) is 21.1 Å². The molecule has 0 atom stereocenters. The fraction of sp³-hybridized carbons (Fsp3) is 0.400. The number of nitrogens with zero attached hydrogens (tertiary/aromatic N) is 2. The van der Waals surface area contributed by atoms with Crippen LogP contribution in [0.15, 0.2) is 21.4 Å². The van der Waals surface area contributed by atoms with E-state index in [0.29, 0.717) is 23.2 Å². The van der Waals surface area contributed by atoms with Gasteiger partial charge < -0.3 is 18.3 Å². The van der Waals surface area contributed by atoms with Crippen LogP contribution in [0.5, 0.6) is 0 Å². The molecule has 2 aromatic heterocycles. The number of hydrogen-bond donors (Lipinski definition) is 0. The highest BCUT2D eigenvalue weighted by atomic mass is 16.7. The van der Waals surface area contributed by atoms with Gasteiger partial charge in [-0.2, -0.15) is 0 Å². The van der Waals surface area contributed by atoms with Gasteiger partial charge in [0.25, 0.3) is 0 Å². The van der Waals surface area contributed by atoms with Crippen LogP contribution in [0.1, 0.15) is 17.9 Å². The average Bonchev–Trinajstić information content (AvgIpc) is 2.89. The summed E-state index contributed by atoms with van der Waals surface area (Å²) in [4.78, 5) is 8.30. The molecule has 0 saturated heterocycles. The lowest BCUT2D eigenvalue weighted by atomic mass is 10.4. The highest BCUT2D eigenvalue weighted by Crippen LogP contribution is 2.22. The lowest BCUT2D eigenvalue weighted by molar-refractivity contribution is -0.108. The molecule has 0 bridgehead atoms. The minimum Gasteiger partial charge on any atom is -0.448 e. The number of rotatable bonds is 4. The smallest absolute Gasteiger partial charge is 0.248 e. The highest BCUT2D eigenvalue weighted by Gasteiger charge is 2.17. The van der Waals surface area contributed by atoms with Gasteiger partial charge in [0.05, 0.1) is 0 Å². The lowest BCUT2D eigenvalue weighted by Crippen LogP contribution is -2.03. The molecule has 0 amide bonds. The predicted octanol–water partition coefficient (Wildman–Crippen LogP) is 1.93. The summed E-state index contributed by atoms with van der Waals surface area (Å²) in [5.74, 6) is 0.940. The Morgan fingerprint density at radius 1 is 1.12 bits per heavy atom. The summed E-state index contributed by atoms with van der Waals surface area (Å²) in [5, 5.41) is 0. The highest BCUT2D eigenvalue weighted by molar-refractivity contribution is 5.44. The van der Waals surface area contributed by atoms with Crippen molar-refractivity contribution in [1.29, 1.82) is 0 Å². The Morgan fingerprint density at radius 2 is 1.88 bits per heavy atom. The van der Waals surface area contributed by atoms with Crippen LogP contribution in [0.25, 0.3) is 11.6 Å². The molecule has 0 unspecified atom stereocenters. The van der Waals surface area contributed by atoms with E-state index < -0.39 is 6.29 Å². The van der Waals surface area contributed by atoms with Gasteiger partial charge in [-0.1, -0.05) is 0 Å². The second-order valence-corrected chi connectivity index (χ2v) is 3.13. The van der Waals surface area contributed by atoms with Gasteiger partial charge in [0.1, 0.15) is 18.2 Å². The number of aromatic nitrogens is 2. The van der Waals surface area contributed by atoms with Crippen molar-refractivity contribution in [3.63, 3.8) is 0 Å². The Kier molecular flexibility index (Phi) is 3.02. The maximum Gasteiger partial charge on any atom is 0.248 e. The van der Waals surface area contributed by atoms with Crippen LogP contribution in [0.2, 0.25) is 0 Å². The summed E-state index contributed by atoms with van der Waals surface area (Å²) in [5.41, 5.74) is 1.11. The molecule has 0 aliphatic carbocycles. The van der Waals surface area contributed by atoms with Crippen LogP contribution in [-0.4, -0.2) is 24.2 Å². The molecule has 0 radical (unpaired) electrons. The standard InChI is InChI=1S/C10H12N2O4/c1-6-11-7(4-15-6)9-12-8(5-16-9)10(13-2)14-3/h4-5,10H,1-3H3. The van der Waals surface area contributed by atoms with Crippen molar-refractivity contribution >= 4 is 0 Å². The van der Waals surface area contributed by atoms with E-state index in [2.05, 4.69) is 9.97 Å². The predicted molar refractivity (Wildman–Crippen MR) is 53.5 cm³/mol. The molecule has 2 rings (SSSR count). The normalized spacial score (nSPS) is 11.2. The molecule has 0 aromatic carbocycles. The van der Waals surface area contributed by atoms with Crippen molar-refractivity contribution in [1.82, 2.24) is 9.97 Å². The fourth-order valence-corrected chi connectivity index (χ4v) is 1.31. The third-order valence-corrected chi connectivity index (χ3v) is 2.03. The molecule has 0 aliphatic heterocycles. The number of methoxy groups -OCH3 is 2. The van der Waals surface area contributed by atoms with Gasteiger partial charge >= 0.3 is 0 Å². The summed E-state index contributed by atoms with van der Waals surface area (Å²) in [7, 11) is 3.06. The van der Waals surface area contributed by atoms with Crippen LogP contribution < -0.4 is 0 Å². The Morgan fingerprint density at radius 3 is 2.44 bits per heavy atom. The number of hydrogen-bond acceptors (Lipinski definition) is 6. The van der Waals surface area contributed by atoms with Crippen LogP contribution in [0, 0.1) is 6.92 Å². The Labute approximate surface area is 92.2 Å². The Balaban J connectivity index is 2.25. The fourth-order valence-electron chi connectivity index (χ4n) is 1.31. The molecule has 6 heteroatoms. The van der Waals surface area contributed by atoms with Crippen LogP contribution in [0.3, 0.4) is 0 Å². The van der Waals surface area contributed by atoms with Gasteiger partial charge in [-0.05, 0) is 0 Å². The molecular formula is C10H12N2O4. The molecule has 0 saturated carbocycles. The van der Waals surface area contributed by atoms with Crippen molar-refractivity contribution in [3.05, 3.63) is 24.1 Å². The van der Waals surface area contributed by atoms with Crippen LogP contribution in [0.4, 0.5) is 0 Å². The molecule has 0 spiro atoms. The summed E-state index contributed by atoms with van der Waals surface area (Å²) in [6.45, 7) is 1.75. The van der Waals surface area contributed by atoms with Crippen molar-refractivity contribution in [2.45, 2.75) is 13.2 Å². The maximum atomic E-state index is 5.26. The Hall–Kier alpha value is -1.66. The van der Waals surface area contributed by atoms with E-state index in [4.69, 9.17) is 18.3 Å². The topological polar surface area (TPSA) is 70.5 Å². The molecule has 6 nitrogen and oxygen atoms in total. The van der Waals surface area contributed by atoms with E-state index in [1.807, 2.05) is 0 Å². The minimum atomic E-state index is -0.537. The molecule has 0 aliphatic rings. The van der Waals surface area contributed by atoms with Crippen molar-refractivity contribution in [3.8, 4) is 11.6 Å². The summed E-state index contributed by atoms with van der Waals surface area (Å²) in [6, 6.07) is 0. The number of oxazole rings is 2. The summed E-state index contributed by atoms with van der Waals surface area (Å²) < 4.78 is 20.4. The SMILES string of the molecule is COC(OC)c1coc(-c2coc(C)n2)n1. The van der Waals surface area contributed by atoms with E-state index in [0.717, 1.165) is 0 Å². The first kappa shape index (κ1) is 10.8. The van der Waals surface area contributed by atoms with Gasteiger partial charge in [-0.15, -0.1) is 0 Å². The third kappa shape index (κ3) is 1.98. The van der Waals surface area contributed by atoms with Crippen molar-refractivity contribution in [2.75, 3.05) is 14.2 Å². The first-order valence-corrected chi connectivity index (χ1v) is 4.68. The van der Waals surface area contributed by atoms with Gasteiger partial charge in [-0.3, -0.25) is 0 Å². The average molecular weight is 224 g/mol. The van der Waals surface area contributed by atoms with Crippen LogP contribution >= 0.6 is 0 Å². The van der Waals surface area contributed by atoms with Crippen LogP contribution in [-0.2, 0) is 9.47 Å². The molecule has 2 heterocycles. The molecule has 0 N–H and O–H groups in total. The van der Waals surface area contributed by atoms with Gasteiger partial charge in [-0.25, -0.2) is 9.97 Å². The second kappa shape index (κ2) is 4.46. The molecule has 16 heavy (non-hydrogen) atoms. The monoisotopic (exact) mass is 224 g/mol. The van der Waals surface area contributed by atoms with E-state index in [-0.39, 0.29) is 0 Å². The second-order valence-electron chi connectivity index (χ2n) is 3.13. The quantitative estimate of drug-likeness (QED) is 0.739. The zero-order valence-corrected chi connectivity index (χ0v) is 9.26. The maximum absolute atomic E-state index is 5.26. The molecule has 86 valence electrons. The van der Waals surface area contributed by atoms with E-state index in [9.17, 15) is 0 Å². The zero-order chi connectivity index (χ0) is 11.5. The van der Waals surface area contributed by atoms with E-state index >= 15 is 0 Å². The zero-order valence-electron chi connectivity index (χ0n) is 9.26. The molecular weight excluding hydrogens is 212 g/mol. The number of ether oxygens (including phenoxy) is 2. The first-order chi connectivity index (χ1) is 7.74. The summed E-state index contributed by atoms with van der Waals surface area (Å²) >= 11 is 0. The van der Waals surface area contributed by atoms with Crippen molar-refractivity contribution in [2.24, 2.45) is 0 Å². The van der Waals surface area contributed by atoms with Gasteiger partial charge in [0.15, 0.2) is 11.6 Å². The van der Waals surface area contributed by atoms with Crippen molar-refractivity contribution < 1.29 is 18.3 Å². The lowest BCUT2D eigenvalue weighted by Gasteiger charge is -2.08. The third-order valence-electron chi connectivity index (χ3n) is 2.03. The summed E-state index contributed by atoms with van der Waals surface area (Å²) in [6.07, 6.45) is 2.42. The molecule has 2 aromatic rings.